The van der Waals surface area contributed by atoms with E-state index in [4.69, 9.17) is 4.74 Å². The van der Waals surface area contributed by atoms with Gasteiger partial charge < -0.3 is 15.0 Å². The maximum Gasteiger partial charge on any atom is 0.222 e. The molecule has 1 amide bonds. The quantitative estimate of drug-likeness (QED) is 0.669. The number of hydrogen-bond acceptors (Lipinski definition) is 3. The Bertz CT molecular complexity index is 329. The van der Waals surface area contributed by atoms with Crippen molar-refractivity contribution in [3.05, 3.63) is 0 Å². The summed E-state index contributed by atoms with van der Waals surface area (Å²) in [7, 11) is 0. The van der Waals surface area contributed by atoms with E-state index < -0.39 is 6.17 Å². The summed E-state index contributed by atoms with van der Waals surface area (Å²) in [6.45, 7) is 11.2. The largest absolute Gasteiger partial charge is 0.378 e. The number of piperidine rings is 1. The van der Waals surface area contributed by atoms with Crippen molar-refractivity contribution in [1.29, 1.82) is 0 Å². The number of halogens is 1. The van der Waals surface area contributed by atoms with Crippen molar-refractivity contribution >= 4 is 5.91 Å². The van der Waals surface area contributed by atoms with Gasteiger partial charge in [0.1, 0.15) is 0 Å². The van der Waals surface area contributed by atoms with Crippen LogP contribution in [0.3, 0.4) is 0 Å². The van der Waals surface area contributed by atoms with Crippen molar-refractivity contribution in [3.8, 4) is 0 Å². The molecule has 0 bridgehead atoms. The number of carbonyl (C=O) groups excluding carboxylic acids is 1. The van der Waals surface area contributed by atoms with Gasteiger partial charge in [-0.1, -0.05) is 13.8 Å². The topological polar surface area (TPSA) is 41.6 Å². The molecule has 0 aromatic rings. The van der Waals surface area contributed by atoms with E-state index in [1.807, 2.05) is 0 Å². The van der Waals surface area contributed by atoms with E-state index in [-0.39, 0.29) is 18.1 Å². The third-order valence-corrected chi connectivity index (χ3v) is 4.33. The fourth-order valence-corrected chi connectivity index (χ4v) is 3.05. The maximum absolute atomic E-state index is 12.9. The van der Waals surface area contributed by atoms with Gasteiger partial charge in [0.15, 0.2) is 0 Å². The lowest BCUT2D eigenvalue weighted by atomic mass is 10.0. The van der Waals surface area contributed by atoms with Gasteiger partial charge in [-0.25, -0.2) is 4.39 Å². The molecule has 0 radical (unpaired) electrons. The van der Waals surface area contributed by atoms with Crippen LogP contribution in [0.1, 0.15) is 59.8 Å². The molecule has 2 unspecified atom stereocenters. The molecule has 2 atom stereocenters. The highest BCUT2D eigenvalue weighted by Crippen LogP contribution is 2.12. The predicted octanol–water partition coefficient (Wildman–Crippen LogP) is 3.16. The molecule has 1 saturated heterocycles. The molecule has 0 aromatic carbocycles. The van der Waals surface area contributed by atoms with E-state index in [9.17, 15) is 9.18 Å². The molecular weight excluding hydrogens is 295 g/mol. The lowest BCUT2D eigenvalue weighted by Crippen LogP contribution is -2.45. The minimum absolute atomic E-state index is 0.0811. The Morgan fingerprint density at radius 3 is 2.48 bits per heavy atom. The van der Waals surface area contributed by atoms with E-state index in [0.717, 1.165) is 38.9 Å². The smallest absolute Gasteiger partial charge is 0.222 e. The van der Waals surface area contributed by atoms with Gasteiger partial charge in [-0.15, -0.1) is 0 Å². The number of carbonyl (C=O) groups is 1. The summed E-state index contributed by atoms with van der Waals surface area (Å²) < 4.78 is 18.5. The van der Waals surface area contributed by atoms with Crippen LogP contribution in [0.25, 0.3) is 0 Å². The summed E-state index contributed by atoms with van der Waals surface area (Å²) in [5, 5.41) is 3.10. The number of nitrogens with zero attached hydrogens (tertiary/aromatic N) is 1. The Kier molecular flexibility index (Phi) is 9.72. The molecule has 1 heterocycles. The Morgan fingerprint density at radius 1 is 1.26 bits per heavy atom. The van der Waals surface area contributed by atoms with E-state index in [1.165, 1.54) is 0 Å². The van der Waals surface area contributed by atoms with Crippen LogP contribution in [-0.4, -0.2) is 55.4 Å². The number of rotatable bonds is 10. The van der Waals surface area contributed by atoms with Gasteiger partial charge >= 0.3 is 0 Å². The zero-order valence-corrected chi connectivity index (χ0v) is 15.3. The number of hydrogen-bond donors (Lipinski definition) is 1. The van der Waals surface area contributed by atoms with Gasteiger partial charge in [-0.05, 0) is 45.4 Å². The first kappa shape index (κ1) is 20.4. The van der Waals surface area contributed by atoms with Crippen LogP contribution >= 0.6 is 0 Å². The van der Waals surface area contributed by atoms with Gasteiger partial charge in [0, 0.05) is 32.1 Å². The lowest BCUT2D eigenvalue weighted by molar-refractivity contribution is -0.123. The second kappa shape index (κ2) is 11.0. The fraction of sp³-hybridized carbons (Fsp3) is 0.944. The van der Waals surface area contributed by atoms with Gasteiger partial charge in [0.05, 0.1) is 18.9 Å². The van der Waals surface area contributed by atoms with E-state index in [0.29, 0.717) is 25.4 Å². The van der Waals surface area contributed by atoms with Crippen LogP contribution < -0.4 is 5.32 Å². The number of nitrogens with one attached hydrogen (secondary N) is 1. The summed E-state index contributed by atoms with van der Waals surface area (Å²) in [5.74, 6) is 0.696. The molecule has 23 heavy (non-hydrogen) atoms. The van der Waals surface area contributed by atoms with Gasteiger partial charge in [-0.2, -0.15) is 0 Å². The first-order valence-electron chi connectivity index (χ1n) is 9.14. The van der Waals surface area contributed by atoms with Crippen LogP contribution in [0.15, 0.2) is 0 Å². The zero-order valence-electron chi connectivity index (χ0n) is 15.3. The van der Waals surface area contributed by atoms with Crippen LogP contribution in [0.4, 0.5) is 4.39 Å². The van der Waals surface area contributed by atoms with Crippen LogP contribution in [-0.2, 0) is 9.53 Å². The Balaban J connectivity index is 2.09. The number of likely N-dealkylation sites (tertiary alicyclic amines) is 1. The van der Waals surface area contributed by atoms with E-state index in [1.54, 1.807) is 6.92 Å². The van der Waals surface area contributed by atoms with Crippen LogP contribution in [0, 0.1) is 5.92 Å². The first-order valence-corrected chi connectivity index (χ1v) is 9.14. The highest BCUT2D eigenvalue weighted by atomic mass is 19.1. The monoisotopic (exact) mass is 330 g/mol. The molecule has 4 nitrogen and oxygen atoms in total. The predicted molar refractivity (Wildman–Crippen MR) is 92.3 cm³/mol. The van der Waals surface area contributed by atoms with Crippen molar-refractivity contribution in [3.63, 3.8) is 0 Å². The SMILES string of the molecule is CC(C)CC(C)OCCC(=O)NC1CCN(CCC(C)F)CC1. The summed E-state index contributed by atoms with van der Waals surface area (Å²) >= 11 is 0. The molecule has 1 N–H and O–H groups in total. The third kappa shape index (κ3) is 9.92. The lowest BCUT2D eigenvalue weighted by Gasteiger charge is -2.32. The Hall–Kier alpha value is -0.680. The van der Waals surface area contributed by atoms with Crippen molar-refractivity contribution in [2.24, 2.45) is 5.92 Å². The molecule has 1 aliphatic rings. The normalized spacial score (nSPS) is 19.7. The molecule has 0 saturated carbocycles. The molecule has 0 aromatic heterocycles. The van der Waals surface area contributed by atoms with Gasteiger partial charge in [0.25, 0.3) is 0 Å². The molecule has 1 aliphatic heterocycles. The van der Waals surface area contributed by atoms with E-state index in [2.05, 4.69) is 31.0 Å². The van der Waals surface area contributed by atoms with Crippen molar-refractivity contribution in [2.75, 3.05) is 26.2 Å². The molecule has 136 valence electrons. The van der Waals surface area contributed by atoms with Crippen LogP contribution in [0.5, 0.6) is 0 Å². The summed E-state index contributed by atoms with van der Waals surface area (Å²) in [6, 6.07) is 0.259. The fourth-order valence-electron chi connectivity index (χ4n) is 3.05. The summed E-state index contributed by atoms with van der Waals surface area (Å²) in [5.41, 5.74) is 0. The minimum atomic E-state index is -0.731. The first-order chi connectivity index (χ1) is 10.9. The summed E-state index contributed by atoms with van der Waals surface area (Å²) in [6.07, 6.45) is 3.45. The summed E-state index contributed by atoms with van der Waals surface area (Å²) in [4.78, 5) is 14.2. The van der Waals surface area contributed by atoms with Crippen LogP contribution in [0.2, 0.25) is 0 Å². The third-order valence-electron chi connectivity index (χ3n) is 4.33. The molecule has 0 spiro atoms. The Morgan fingerprint density at radius 2 is 1.91 bits per heavy atom. The standard InChI is InChI=1S/C18H35FN2O2/c1-14(2)13-16(4)23-12-8-18(22)20-17-6-10-21(11-7-17)9-5-15(3)19/h14-17H,5-13H2,1-4H3,(H,20,22). The molecule has 1 fully saturated rings. The number of alkyl halides is 1. The molecule has 0 aliphatic carbocycles. The average molecular weight is 330 g/mol. The molecule has 1 rings (SSSR count). The highest BCUT2D eigenvalue weighted by molar-refractivity contribution is 5.76. The minimum Gasteiger partial charge on any atom is -0.378 e. The zero-order chi connectivity index (χ0) is 17.2. The van der Waals surface area contributed by atoms with Gasteiger partial charge in [-0.3, -0.25) is 4.79 Å². The second-order valence-corrected chi connectivity index (χ2v) is 7.31. The van der Waals surface area contributed by atoms with Crippen molar-refractivity contribution < 1.29 is 13.9 Å². The van der Waals surface area contributed by atoms with Crippen molar-refractivity contribution in [2.45, 2.75) is 78.1 Å². The molecule has 5 heteroatoms. The highest BCUT2D eigenvalue weighted by Gasteiger charge is 2.20. The van der Waals surface area contributed by atoms with E-state index >= 15 is 0 Å². The van der Waals surface area contributed by atoms with Gasteiger partial charge in [0.2, 0.25) is 5.91 Å². The number of ether oxygens (including phenoxy) is 1. The Labute approximate surface area is 141 Å². The second-order valence-electron chi connectivity index (χ2n) is 7.31. The molecular formula is C18H35FN2O2. The average Bonchev–Trinajstić information content (AvgIpc) is 2.45. The maximum atomic E-state index is 12.9. The number of amides is 1. The van der Waals surface area contributed by atoms with Crippen molar-refractivity contribution in [1.82, 2.24) is 10.2 Å².